The van der Waals surface area contributed by atoms with Crippen LogP contribution in [0, 0.1) is 0 Å². The SMILES string of the molecule is CNc1ncc(Br)cc1C(=O)NCCCn1ccnn1. The molecule has 1 amide bonds. The molecule has 0 aliphatic carbocycles. The topological polar surface area (TPSA) is 84.7 Å². The van der Waals surface area contributed by atoms with Gasteiger partial charge in [0.15, 0.2) is 0 Å². The van der Waals surface area contributed by atoms with Gasteiger partial charge in [0.2, 0.25) is 0 Å². The van der Waals surface area contributed by atoms with Gasteiger partial charge in [0.25, 0.3) is 5.91 Å². The van der Waals surface area contributed by atoms with Crippen molar-refractivity contribution < 1.29 is 4.79 Å². The minimum absolute atomic E-state index is 0.151. The number of nitrogens with zero attached hydrogens (tertiary/aromatic N) is 4. The molecule has 0 aliphatic rings. The molecule has 106 valence electrons. The summed E-state index contributed by atoms with van der Waals surface area (Å²) in [7, 11) is 1.73. The fraction of sp³-hybridized carbons (Fsp3) is 0.333. The van der Waals surface area contributed by atoms with Gasteiger partial charge in [-0.3, -0.25) is 9.48 Å². The molecule has 2 aromatic heterocycles. The minimum Gasteiger partial charge on any atom is -0.372 e. The summed E-state index contributed by atoms with van der Waals surface area (Å²) in [6, 6.07) is 1.74. The highest BCUT2D eigenvalue weighted by molar-refractivity contribution is 9.10. The number of rotatable bonds is 6. The van der Waals surface area contributed by atoms with E-state index in [1.54, 1.807) is 36.4 Å². The molecule has 0 radical (unpaired) electrons. The first-order valence-corrected chi connectivity index (χ1v) is 6.95. The average molecular weight is 339 g/mol. The number of aromatic nitrogens is 4. The highest BCUT2D eigenvalue weighted by atomic mass is 79.9. The summed E-state index contributed by atoms with van der Waals surface area (Å²) in [5, 5.41) is 13.3. The van der Waals surface area contributed by atoms with Crippen LogP contribution < -0.4 is 10.6 Å². The van der Waals surface area contributed by atoms with E-state index in [0.717, 1.165) is 17.4 Å². The van der Waals surface area contributed by atoms with Gasteiger partial charge in [-0.05, 0) is 28.4 Å². The maximum Gasteiger partial charge on any atom is 0.255 e. The van der Waals surface area contributed by atoms with Gasteiger partial charge in [-0.1, -0.05) is 5.21 Å². The summed E-state index contributed by atoms with van der Waals surface area (Å²) in [5.74, 6) is 0.406. The van der Waals surface area contributed by atoms with E-state index in [9.17, 15) is 4.79 Å². The molecule has 0 fully saturated rings. The van der Waals surface area contributed by atoms with E-state index in [0.29, 0.717) is 17.9 Å². The first kappa shape index (κ1) is 14.4. The van der Waals surface area contributed by atoms with Crippen molar-refractivity contribution >= 4 is 27.7 Å². The summed E-state index contributed by atoms with van der Waals surface area (Å²) < 4.78 is 2.50. The number of carbonyl (C=O) groups excluding carboxylic acids is 1. The highest BCUT2D eigenvalue weighted by Gasteiger charge is 2.11. The first-order valence-electron chi connectivity index (χ1n) is 6.16. The van der Waals surface area contributed by atoms with Gasteiger partial charge < -0.3 is 10.6 Å². The van der Waals surface area contributed by atoms with E-state index in [2.05, 4.69) is 41.9 Å². The maximum atomic E-state index is 12.1. The third kappa shape index (κ3) is 3.77. The van der Waals surface area contributed by atoms with Crippen LogP contribution >= 0.6 is 15.9 Å². The predicted molar refractivity (Wildman–Crippen MR) is 78.5 cm³/mol. The minimum atomic E-state index is -0.151. The predicted octanol–water partition coefficient (Wildman–Crippen LogP) is 1.30. The molecule has 0 spiro atoms. The van der Waals surface area contributed by atoms with Crippen LogP contribution in [0.5, 0.6) is 0 Å². The Kier molecular flexibility index (Phi) is 5.05. The number of hydrogen-bond acceptors (Lipinski definition) is 5. The molecule has 20 heavy (non-hydrogen) atoms. The van der Waals surface area contributed by atoms with Crippen LogP contribution in [0.3, 0.4) is 0 Å². The van der Waals surface area contributed by atoms with E-state index in [1.165, 1.54) is 0 Å². The number of nitrogens with one attached hydrogen (secondary N) is 2. The Morgan fingerprint density at radius 3 is 3.05 bits per heavy atom. The Morgan fingerprint density at radius 1 is 1.50 bits per heavy atom. The number of hydrogen-bond donors (Lipinski definition) is 2. The fourth-order valence-electron chi connectivity index (χ4n) is 1.70. The summed E-state index contributed by atoms with van der Waals surface area (Å²) >= 11 is 3.31. The van der Waals surface area contributed by atoms with E-state index in [1.807, 2.05) is 0 Å². The first-order chi connectivity index (χ1) is 9.70. The highest BCUT2D eigenvalue weighted by Crippen LogP contribution is 2.17. The van der Waals surface area contributed by atoms with Crippen molar-refractivity contribution in [3.05, 3.63) is 34.7 Å². The van der Waals surface area contributed by atoms with Gasteiger partial charge in [-0.15, -0.1) is 5.10 Å². The second-order valence-electron chi connectivity index (χ2n) is 4.08. The molecule has 0 aromatic carbocycles. The van der Waals surface area contributed by atoms with Crippen molar-refractivity contribution in [2.45, 2.75) is 13.0 Å². The Bertz CT molecular complexity index is 571. The van der Waals surface area contributed by atoms with Crippen LogP contribution in [0.1, 0.15) is 16.8 Å². The van der Waals surface area contributed by atoms with Gasteiger partial charge >= 0.3 is 0 Å². The van der Waals surface area contributed by atoms with Crippen molar-refractivity contribution in [2.24, 2.45) is 0 Å². The molecule has 0 unspecified atom stereocenters. The second kappa shape index (κ2) is 6.99. The zero-order chi connectivity index (χ0) is 14.4. The molecule has 0 saturated heterocycles. The van der Waals surface area contributed by atoms with Crippen LogP contribution in [-0.2, 0) is 6.54 Å². The molecule has 2 rings (SSSR count). The molecule has 0 atom stereocenters. The number of halogens is 1. The molecule has 2 aromatic rings. The Morgan fingerprint density at radius 2 is 2.35 bits per heavy atom. The van der Waals surface area contributed by atoms with Crippen molar-refractivity contribution in [1.29, 1.82) is 0 Å². The Balaban J connectivity index is 1.87. The van der Waals surface area contributed by atoms with E-state index >= 15 is 0 Å². The lowest BCUT2D eigenvalue weighted by Gasteiger charge is -2.09. The molecule has 0 bridgehead atoms. The molecule has 2 N–H and O–H groups in total. The van der Waals surface area contributed by atoms with Crippen LogP contribution in [0.15, 0.2) is 29.1 Å². The second-order valence-corrected chi connectivity index (χ2v) is 4.99. The van der Waals surface area contributed by atoms with Gasteiger partial charge in [0.05, 0.1) is 11.8 Å². The molecular formula is C12H15BrN6O. The quantitative estimate of drug-likeness (QED) is 0.775. The fourth-order valence-corrected chi connectivity index (χ4v) is 2.03. The van der Waals surface area contributed by atoms with Crippen LogP contribution in [0.2, 0.25) is 0 Å². The third-order valence-electron chi connectivity index (χ3n) is 2.66. The lowest BCUT2D eigenvalue weighted by atomic mass is 10.2. The number of amides is 1. The van der Waals surface area contributed by atoms with E-state index in [-0.39, 0.29) is 5.91 Å². The summed E-state index contributed by atoms with van der Waals surface area (Å²) in [6.07, 6.45) is 5.85. The Hall–Kier alpha value is -1.96. The lowest BCUT2D eigenvalue weighted by molar-refractivity contribution is 0.0953. The van der Waals surface area contributed by atoms with Crippen molar-refractivity contribution in [2.75, 3.05) is 18.9 Å². The number of anilines is 1. The summed E-state index contributed by atoms with van der Waals surface area (Å²) in [6.45, 7) is 1.28. The van der Waals surface area contributed by atoms with Crippen molar-refractivity contribution in [1.82, 2.24) is 25.3 Å². The van der Waals surface area contributed by atoms with Crippen molar-refractivity contribution in [3.63, 3.8) is 0 Å². The summed E-state index contributed by atoms with van der Waals surface area (Å²) in [5.41, 5.74) is 0.516. The standard InChI is InChI=1S/C12H15BrN6O/c1-14-11-10(7-9(13)8-16-11)12(20)15-3-2-5-19-6-4-17-18-19/h4,6-8H,2-3,5H2,1H3,(H,14,16)(H,15,20). The largest absolute Gasteiger partial charge is 0.372 e. The van der Waals surface area contributed by atoms with Gasteiger partial charge in [0.1, 0.15) is 5.82 Å². The Labute approximate surface area is 124 Å². The lowest BCUT2D eigenvalue weighted by Crippen LogP contribution is -2.26. The summed E-state index contributed by atoms with van der Waals surface area (Å²) in [4.78, 5) is 16.2. The van der Waals surface area contributed by atoms with Gasteiger partial charge in [-0.25, -0.2) is 4.98 Å². The van der Waals surface area contributed by atoms with E-state index in [4.69, 9.17) is 0 Å². The van der Waals surface area contributed by atoms with Gasteiger partial charge in [-0.2, -0.15) is 0 Å². The molecule has 0 aliphatic heterocycles. The van der Waals surface area contributed by atoms with Crippen molar-refractivity contribution in [3.8, 4) is 0 Å². The van der Waals surface area contributed by atoms with Gasteiger partial charge in [0, 0.05) is 37.0 Å². The number of aryl methyl sites for hydroxylation is 1. The number of carbonyl (C=O) groups is 1. The van der Waals surface area contributed by atoms with Crippen LogP contribution in [0.4, 0.5) is 5.82 Å². The van der Waals surface area contributed by atoms with Crippen LogP contribution in [0.25, 0.3) is 0 Å². The normalized spacial score (nSPS) is 10.3. The molecular weight excluding hydrogens is 324 g/mol. The zero-order valence-corrected chi connectivity index (χ0v) is 12.6. The number of pyridine rings is 1. The molecule has 2 heterocycles. The zero-order valence-electron chi connectivity index (χ0n) is 11.0. The molecule has 7 nitrogen and oxygen atoms in total. The van der Waals surface area contributed by atoms with Crippen LogP contribution in [-0.4, -0.2) is 39.5 Å². The smallest absolute Gasteiger partial charge is 0.255 e. The maximum absolute atomic E-state index is 12.1. The monoisotopic (exact) mass is 338 g/mol. The molecule has 8 heteroatoms. The van der Waals surface area contributed by atoms with E-state index < -0.39 is 0 Å². The average Bonchev–Trinajstić information content (AvgIpc) is 2.96. The third-order valence-corrected chi connectivity index (χ3v) is 3.09. The molecule has 0 saturated carbocycles.